The Labute approximate surface area is 145 Å². The zero-order chi connectivity index (χ0) is 17.6. The average Bonchev–Trinajstić information content (AvgIpc) is 3.17. The molecule has 0 spiro atoms. The van der Waals surface area contributed by atoms with E-state index >= 15 is 0 Å². The number of nitriles is 1. The number of carbonyl (C=O) groups excluding carboxylic acids is 1. The minimum atomic E-state index is -0.354. The molecule has 0 aliphatic carbocycles. The number of benzene rings is 2. The molecule has 6 heteroatoms. The van der Waals surface area contributed by atoms with Crippen LogP contribution in [0.15, 0.2) is 67.3 Å². The van der Waals surface area contributed by atoms with Gasteiger partial charge in [-0.1, -0.05) is 6.07 Å². The summed E-state index contributed by atoms with van der Waals surface area (Å²) in [7, 11) is 0. The maximum absolute atomic E-state index is 12.2. The van der Waals surface area contributed by atoms with E-state index in [2.05, 4.69) is 16.4 Å². The Bertz CT molecular complexity index is 896. The third-order valence-electron chi connectivity index (χ3n) is 3.67. The zero-order valence-electron chi connectivity index (χ0n) is 13.6. The number of hydrogen-bond donors (Lipinski definition) is 1. The molecule has 3 aromatic rings. The van der Waals surface area contributed by atoms with Gasteiger partial charge in [0.05, 0.1) is 18.0 Å². The van der Waals surface area contributed by atoms with Crippen molar-refractivity contribution < 1.29 is 9.53 Å². The standard InChI is InChI=1S/C19H16N4O2/c1-14(23-10-9-21-13-23)19(24)22-16-5-7-17(8-6-16)25-18-4-2-3-15(11-18)12-20/h2-11,13-14H,1H3,(H,22,24)/t14-/m1/s1. The summed E-state index contributed by atoms with van der Waals surface area (Å²) >= 11 is 0. The van der Waals surface area contributed by atoms with Gasteiger partial charge in [-0.15, -0.1) is 0 Å². The van der Waals surface area contributed by atoms with Crippen LogP contribution in [0.4, 0.5) is 5.69 Å². The molecule has 0 saturated carbocycles. The van der Waals surface area contributed by atoms with Gasteiger partial charge in [-0.05, 0) is 49.4 Å². The van der Waals surface area contributed by atoms with Crippen LogP contribution < -0.4 is 10.1 Å². The van der Waals surface area contributed by atoms with Gasteiger partial charge in [0.2, 0.25) is 5.91 Å². The number of hydrogen-bond acceptors (Lipinski definition) is 4. The number of rotatable bonds is 5. The van der Waals surface area contributed by atoms with Crippen LogP contribution >= 0.6 is 0 Å². The lowest BCUT2D eigenvalue weighted by molar-refractivity contribution is -0.118. The third-order valence-corrected chi connectivity index (χ3v) is 3.67. The van der Waals surface area contributed by atoms with Crippen molar-refractivity contribution in [2.45, 2.75) is 13.0 Å². The fourth-order valence-corrected chi connectivity index (χ4v) is 2.25. The fourth-order valence-electron chi connectivity index (χ4n) is 2.25. The van der Waals surface area contributed by atoms with Crippen LogP contribution in [0, 0.1) is 11.3 Å². The maximum Gasteiger partial charge on any atom is 0.247 e. The molecule has 1 aromatic heterocycles. The minimum absolute atomic E-state index is 0.131. The first kappa shape index (κ1) is 16.3. The molecule has 3 rings (SSSR count). The monoisotopic (exact) mass is 332 g/mol. The second kappa shape index (κ2) is 7.32. The van der Waals surface area contributed by atoms with Crippen molar-refractivity contribution in [3.63, 3.8) is 0 Å². The van der Waals surface area contributed by atoms with E-state index in [0.29, 0.717) is 22.7 Å². The summed E-state index contributed by atoms with van der Waals surface area (Å²) in [5, 5.41) is 11.8. The molecule has 1 amide bonds. The lowest BCUT2D eigenvalue weighted by Crippen LogP contribution is -2.22. The number of carbonyl (C=O) groups is 1. The first-order chi connectivity index (χ1) is 12.2. The van der Waals surface area contributed by atoms with E-state index in [1.54, 1.807) is 78.7 Å². The van der Waals surface area contributed by atoms with Gasteiger partial charge in [-0.25, -0.2) is 4.98 Å². The Morgan fingerprint density at radius 1 is 1.24 bits per heavy atom. The van der Waals surface area contributed by atoms with Gasteiger partial charge in [-0.2, -0.15) is 5.26 Å². The maximum atomic E-state index is 12.2. The van der Waals surface area contributed by atoms with E-state index in [9.17, 15) is 4.79 Å². The molecular weight excluding hydrogens is 316 g/mol. The highest BCUT2D eigenvalue weighted by atomic mass is 16.5. The van der Waals surface area contributed by atoms with Gasteiger partial charge >= 0.3 is 0 Å². The van der Waals surface area contributed by atoms with E-state index in [1.165, 1.54) is 0 Å². The van der Waals surface area contributed by atoms with Crippen molar-refractivity contribution >= 4 is 11.6 Å². The van der Waals surface area contributed by atoms with Crippen LogP contribution in [-0.4, -0.2) is 15.5 Å². The molecule has 124 valence electrons. The van der Waals surface area contributed by atoms with Crippen LogP contribution in [0.3, 0.4) is 0 Å². The number of nitrogens with one attached hydrogen (secondary N) is 1. The smallest absolute Gasteiger partial charge is 0.247 e. The Hall–Kier alpha value is -3.59. The predicted octanol–water partition coefficient (Wildman–Crippen LogP) is 3.75. The number of amides is 1. The third kappa shape index (κ3) is 4.03. The van der Waals surface area contributed by atoms with Gasteiger partial charge < -0.3 is 14.6 Å². The van der Waals surface area contributed by atoms with Gasteiger partial charge in [0.25, 0.3) is 0 Å². The Morgan fingerprint density at radius 2 is 2.04 bits per heavy atom. The summed E-state index contributed by atoms with van der Waals surface area (Å²) in [6, 6.07) is 15.7. The Morgan fingerprint density at radius 3 is 2.72 bits per heavy atom. The first-order valence-electron chi connectivity index (χ1n) is 7.72. The van der Waals surface area contributed by atoms with E-state index in [0.717, 1.165) is 0 Å². The van der Waals surface area contributed by atoms with Crippen LogP contribution in [0.25, 0.3) is 0 Å². The number of anilines is 1. The van der Waals surface area contributed by atoms with Crippen molar-refractivity contribution in [2.75, 3.05) is 5.32 Å². The molecule has 0 bridgehead atoms. The second-order valence-corrected chi connectivity index (χ2v) is 5.44. The van der Waals surface area contributed by atoms with Crippen molar-refractivity contribution in [3.05, 3.63) is 72.8 Å². The highest BCUT2D eigenvalue weighted by molar-refractivity contribution is 5.93. The minimum Gasteiger partial charge on any atom is -0.457 e. The molecule has 2 aromatic carbocycles. The highest BCUT2D eigenvalue weighted by Gasteiger charge is 2.14. The molecule has 0 unspecified atom stereocenters. The zero-order valence-corrected chi connectivity index (χ0v) is 13.6. The van der Waals surface area contributed by atoms with Gasteiger partial charge in [-0.3, -0.25) is 4.79 Å². The summed E-state index contributed by atoms with van der Waals surface area (Å²) in [6.45, 7) is 1.80. The number of aromatic nitrogens is 2. The summed E-state index contributed by atoms with van der Waals surface area (Å²) in [5.74, 6) is 1.08. The largest absolute Gasteiger partial charge is 0.457 e. The molecule has 0 aliphatic heterocycles. The van der Waals surface area contributed by atoms with E-state index in [1.807, 2.05) is 0 Å². The Kier molecular flexibility index (Phi) is 4.77. The molecule has 6 nitrogen and oxygen atoms in total. The summed E-state index contributed by atoms with van der Waals surface area (Å²) in [4.78, 5) is 16.2. The van der Waals surface area contributed by atoms with Gasteiger partial charge in [0.15, 0.2) is 0 Å². The van der Waals surface area contributed by atoms with Crippen LogP contribution in [-0.2, 0) is 4.79 Å². The summed E-state index contributed by atoms with van der Waals surface area (Å²) in [5.41, 5.74) is 1.21. The highest BCUT2D eigenvalue weighted by Crippen LogP contribution is 2.24. The molecule has 0 saturated heterocycles. The summed E-state index contributed by atoms with van der Waals surface area (Å²) < 4.78 is 7.44. The topological polar surface area (TPSA) is 79.9 Å². The Balaban J connectivity index is 1.64. The summed E-state index contributed by atoms with van der Waals surface area (Å²) in [6.07, 6.45) is 4.99. The molecule has 0 radical (unpaired) electrons. The molecule has 0 fully saturated rings. The quantitative estimate of drug-likeness (QED) is 0.771. The van der Waals surface area contributed by atoms with E-state index < -0.39 is 0 Å². The lowest BCUT2D eigenvalue weighted by atomic mass is 10.2. The van der Waals surface area contributed by atoms with Gasteiger partial charge in [0, 0.05) is 18.1 Å². The van der Waals surface area contributed by atoms with Crippen molar-refractivity contribution in [1.29, 1.82) is 5.26 Å². The van der Waals surface area contributed by atoms with E-state index in [4.69, 9.17) is 10.00 Å². The van der Waals surface area contributed by atoms with Crippen LogP contribution in [0.1, 0.15) is 18.5 Å². The van der Waals surface area contributed by atoms with E-state index in [-0.39, 0.29) is 11.9 Å². The molecule has 1 heterocycles. The normalized spacial score (nSPS) is 11.4. The SMILES string of the molecule is C[C@H](C(=O)Nc1ccc(Oc2cccc(C#N)c2)cc1)n1ccnc1. The number of nitrogens with zero attached hydrogens (tertiary/aromatic N) is 3. The van der Waals surface area contributed by atoms with Crippen LogP contribution in [0.2, 0.25) is 0 Å². The fraction of sp³-hybridized carbons (Fsp3) is 0.105. The second-order valence-electron chi connectivity index (χ2n) is 5.44. The van der Waals surface area contributed by atoms with Crippen LogP contribution in [0.5, 0.6) is 11.5 Å². The van der Waals surface area contributed by atoms with Gasteiger partial charge in [0.1, 0.15) is 17.5 Å². The van der Waals surface area contributed by atoms with Crippen molar-refractivity contribution in [2.24, 2.45) is 0 Å². The molecule has 0 aliphatic rings. The average molecular weight is 332 g/mol. The van der Waals surface area contributed by atoms with Crippen molar-refractivity contribution in [3.8, 4) is 17.6 Å². The predicted molar refractivity (Wildman–Crippen MR) is 93.2 cm³/mol. The number of ether oxygens (including phenoxy) is 1. The first-order valence-corrected chi connectivity index (χ1v) is 7.72. The molecule has 1 N–H and O–H groups in total. The van der Waals surface area contributed by atoms with Crippen molar-refractivity contribution in [1.82, 2.24) is 9.55 Å². The molecule has 25 heavy (non-hydrogen) atoms. The number of imidazole rings is 1. The molecular formula is C19H16N4O2. The molecule has 1 atom stereocenters. The lowest BCUT2D eigenvalue weighted by Gasteiger charge is -2.13.